The van der Waals surface area contributed by atoms with Crippen LogP contribution >= 0.6 is 11.3 Å². The average Bonchev–Trinajstić information content (AvgIpc) is 3.27. The van der Waals surface area contributed by atoms with Gasteiger partial charge in [-0.25, -0.2) is 9.78 Å². The SMILES string of the molecule is COC(=O)Cn1c(=NC(=O)c2cc(-c3ccccc3)nc3ccccc23)sc2cc(C(=O)OC)ccc21. The molecule has 0 aliphatic heterocycles. The highest BCUT2D eigenvalue weighted by atomic mass is 32.1. The number of benzene rings is 3. The van der Waals surface area contributed by atoms with Crippen molar-refractivity contribution >= 4 is 50.3 Å². The third-order valence-corrected chi connectivity index (χ3v) is 6.87. The number of hydrogen-bond donors (Lipinski definition) is 0. The summed E-state index contributed by atoms with van der Waals surface area (Å²) in [5.74, 6) is -1.46. The number of hydrogen-bond acceptors (Lipinski definition) is 7. The van der Waals surface area contributed by atoms with E-state index in [0.29, 0.717) is 42.7 Å². The van der Waals surface area contributed by atoms with E-state index < -0.39 is 17.8 Å². The van der Waals surface area contributed by atoms with Gasteiger partial charge in [0.1, 0.15) is 6.54 Å². The van der Waals surface area contributed by atoms with Gasteiger partial charge in [-0.2, -0.15) is 4.99 Å². The highest BCUT2D eigenvalue weighted by molar-refractivity contribution is 7.16. The second-order valence-electron chi connectivity index (χ2n) is 8.08. The standard InChI is InChI=1S/C28H21N3O5S/c1-35-25(32)16-31-23-13-12-18(27(34)36-2)14-24(23)37-28(31)30-26(33)20-15-22(17-8-4-3-5-9-17)29-21-11-7-6-10-19(20)21/h3-15H,16H2,1-2H3. The molecule has 5 aromatic rings. The lowest BCUT2D eigenvalue weighted by Gasteiger charge is -2.08. The maximum atomic E-state index is 13.6. The van der Waals surface area contributed by atoms with E-state index in [0.717, 1.165) is 5.56 Å². The normalized spacial score (nSPS) is 11.6. The van der Waals surface area contributed by atoms with Crippen LogP contribution in [-0.2, 0) is 20.8 Å². The van der Waals surface area contributed by atoms with Crippen molar-refractivity contribution in [3.63, 3.8) is 0 Å². The predicted octanol–water partition coefficient (Wildman–Crippen LogP) is 4.62. The monoisotopic (exact) mass is 511 g/mol. The summed E-state index contributed by atoms with van der Waals surface area (Å²) in [4.78, 5) is 47.3. The molecule has 0 fully saturated rings. The largest absolute Gasteiger partial charge is 0.468 e. The topological polar surface area (TPSA) is 99.9 Å². The fraction of sp³-hybridized carbons (Fsp3) is 0.107. The van der Waals surface area contributed by atoms with E-state index in [2.05, 4.69) is 4.99 Å². The van der Waals surface area contributed by atoms with Crippen LogP contribution in [0.5, 0.6) is 0 Å². The van der Waals surface area contributed by atoms with E-state index in [4.69, 9.17) is 14.5 Å². The molecule has 0 saturated heterocycles. The molecule has 0 aliphatic rings. The van der Waals surface area contributed by atoms with Crippen LogP contribution in [0.1, 0.15) is 20.7 Å². The first-order chi connectivity index (χ1) is 18.0. The number of amides is 1. The maximum Gasteiger partial charge on any atom is 0.337 e. The third-order valence-electron chi connectivity index (χ3n) is 5.83. The lowest BCUT2D eigenvalue weighted by molar-refractivity contribution is -0.141. The Kier molecular flexibility index (Phi) is 6.61. The number of nitrogens with zero attached hydrogens (tertiary/aromatic N) is 3. The van der Waals surface area contributed by atoms with Gasteiger partial charge in [-0.3, -0.25) is 9.59 Å². The van der Waals surface area contributed by atoms with E-state index in [1.165, 1.54) is 25.6 Å². The quantitative estimate of drug-likeness (QED) is 0.319. The summed E-state index contributed by atoms with van der Waals surface area (Å²) in [5.41, 5.74) is 3.58. The Morgan fingerprint density at radius 3 is 2.43 bits per heavy atom. The second kappa shape index (κ2) is 10.2. The Morgan fingerprint density at radius 1 is 0.919 bits per heavy atom. The Morgan fingerprint density at radius 2 is 1.68 bits per heavy atom. The van der Waals surface area contributed by atoms with Gasteiger partial charge in [0.2, 0.25) is 0 Å². The van der Waals surface area contributed by atoms with Crippen LogP contribution < -0.4 is 4.80 Å². The highest BCUT2D eigenvalue weighted by Gasteiger charge is 2.17. The Balaban J connectivity index is 1.69. The maximum absolute atomic E-state index is 13.6. The van der Waals surface area contributed by atoms with Crippen molar-refractivity contribution < 1.29 is 23.9 Å². The number of carbonyl (C=O) groups is 3. The van der Waals surface area contributed by atoms with Gasteiger partial charge >= 0.3 is 11.9 Å². The predicted molar refractivity (Wildman–Crippen MR) is 140 cm³/mol. The van der Waals surface area contributed by atoms with Crippen LogP contribution in [0.4, 0.5) is 0 Å². The Labute approximate surface area is 215 Å². The van der Waals surface area contributed by atoms with Crippen LogP contribution in [0, 0.1) is 0 Å². The van der Waals surface area contributed by atoms with Gasteiger partial charge in [0, 0.05) is 10.9 Å². The van der Waals surface area contributed by atoms with Crippen LogP contribution in [0.2, 0.25) is 0 Å². The van der Waals surface area contributed by atoms with E-state index in [-0.39, 0.29) is 6.54 Å². The first-order valence-electron chi connectivity index (χ1n) is 11.3. The summed E-state index contributed by atoms with van der Waals surface area (Å²) in [6, 6.07) is 23.7. The minimum Gasteiger partial charge on any atom is -0.468 e. The van der Waals surface area contributed by atoms with Crippen molar-refractivity contribution in [2.45, 2.75) is 6.54 Å². The summed E-state index contributed by atoms with van der Waals surface area (Å²) in [6.45, 7) is -0.146. The second-order valence-corrected chi connectivity index (χ2v) is 9.09. The molecule has 3 aromatic carbocycles. The first kappa shape index (κ1) is 24.1. The molecule has 0 saturated carbocycles. The molecule has 9 heteroatoms. The number of para-hydroxylation sites is 1. The number of rotatable bonds is 5. The molecule has 184 valence electrons. The van der Waals surface area contributed by atoms with Crippen molar-refractivity contribution in [1.29, 1.82) is 0 Å². The van der Waals surface area contributed by atoms with Gasteiger partial charge in [-0.05, 0) is 30.3 Å². The molecule has 0 radical (unpaired) electrons. The van der Waals surface area contributed by atoms with Crippen molar-refractivity contribution in [1.82, 2.24) is 9.55 Å². The zero-order valence-corrected chi connectivity index (χ0v) is 20.8. The minimum atomic E-state index is -0.494. The number of aromatic nitrogens is 2. The van der Waals surface area contributed by atoms with Gasteiger partial charge in [0.15, 0.2) is 4.80 Å². The molecule has 37 heavy (non-hydrogen) atoms. The first-order valence-corrected chi connectivity index (χ1v) is 12.1. The molecular formula is C28H21N3O5S. The van der Waals surface area contributed by atoms with Crippen LogP contribution in [-0.4, -0.2) is 41.6 Å². The van der Waals surface area contributed by atoms with E-state index >= 15 is 0 Å². The molecule has 8 nitrogen and oxygen atoms in total. The molecule has 0 aliphatic carbocycles. The number of methoxy groups -OCH3 is 2. The zero-order valence-electron chi connectivity index (χ0n) is 20.0. The van der Waals surface area contributed by atoms with Crippen molar-refractivity contribution in [2.24, 2.45) is 4.99 Å². The van der Waals surface area contributed by atoms with Crippen molar-refractivity contribution in [3.05, 3.63) is 94.8 Å². The van der Waals surface area contributed by atoms with Crippen molar-refractivity contribution in [2.75, 3.05) is 14.2 Å². The van der Waals surface area contributed by atoms with Crippen LogP contribution in [0.15, 0.2) is 83.9 Å². The number of esters is 2. The molecular weight excluding hydrogens is 490 g/mol. The molecule has 0 atom stereocenters. The van der Waals surface area contributed by atoms with Crippen LogP contribution in [0.3, 0.4) is 0 Å². The summed E-state index contributed by atoms with van der Waals surface area (Å²) >= 11 is 1.19. The molecule has 0 N–H and O–H groups in total. The number of ether oxygens (including phenoxy) is 2. The molecule has 2 aromatic heterocycles. The lowest BCUT2D eigenvalue weighted by atomic mass is 10.0. The Hall–Kier alpha value is -4.63. The molecule has 2 heterocycles. The molecule has 0 spiro atoms. The smallest absolute Gasteiger partial charge is 0.337 e. The fourth-order valence-corrected chi connectivity index (χ4v) is 5.07. The summed E-state index contributed by atoms with van der Waals surface area (Å²) in [7, 11) is 2.60. The summed E-state index contributed by atoms with van der Waals surface area (Å²) < 4.78 is 11.9. The van der Waals surface area contributed by atoms with Gasteiger partial charge < -0.3 is 14.0 Å². The van der Waals surface area contributed by atoms with Crippen LogP contribution in [0.25, 0.3) is 32.4 Å². The molecule has 0 bridgehead atoms. The lowest BCUT2D eigenvalue weighted by Crippen LogP contribution is -2.22. The minimum absolute atomic E-state index is 0.146. The molecule has 0 unspecified atom stereocenters. The molecule has 5 rings (SSSR count). The van der Waals surface area contributed by atoms with Crippen molar-refractivity contribution in [3.8, 4) is 11.3 Å². The van der Waals surface area contributed by atoms with Gasteiger partial charge in [0.25, 0.3) is 5.91 Å². The van der Waals surface area contributed by atoms with E-state index in [9.17, 15) is 14.4 Å². The Bertz CT molecular complexity index is 1740. The van der Waals surface area contributed by atoms with E-state index in [1.54, 1.807) is 28.8 Å². The van der Waals surface area contributed by atoms with Gasteiger partial charge in [-0.1, -0.05) is 59.9 Å². The average molecular weight is 512 g/mol. The van der Waals surface area contributed by atoms with E-state index in [1.807, 2.05) is 54.6 Å². The van der Waals surface area contributed by atoms with Gasteiger partial charge in [-0.15, -0.1) is 0 Å². The zero-order chi connectivity index (χ0) is 25.9. The highest BCUT2D eigenvalue weighted by Crippen LogP contribution is 2.26. The summed E-state index contributed by atoms with van der Waals surface area (Å²) in [5, 5.41) is 0.671. The molecule has 1 amide bonds. The third kappa shape index (κ3) is 4.76. The summed E-state index contributed by atoms with van der Waals surface area (Å²) in [6.07, 6.45) is 0. The number of pyridine rings is 1. The fourth-order valence-electron chi connectivity index (χ4n) is 4.01. The van der Waals surface area contributed by atoms with Gasteiger partial charge in [0.05, 0.1) is 46.8 Å². The number of fused-ring (bicyclic) bond motifs is 2. The number of carbonyl (C=O) groups excluding carboxylic acids is 3. The number of thiazole rings is 1.